The third kappa shape index (κ3) is 7.90. The highest BCUT2D eigenvalue weighted by Crippen LogP contribution is 2.19. The van der Waals surface area contributed by atoms with Crippen LogP contribution in [-0.4, -0.2) is 23.1 Å². The van der Waals surface area contributed by atoms with E-state index in [9.17, 15) is 5.11 Å². The van der Waals surface area contributed by atoms with Crippen molar-refractivity contribution in [1.82, 2.24) is 4.90 Å². The molecule has 0 aliphatic heterocycles. The van der Waals surface area contributed by atoms with E-state index in [0.29, 0.717) is 11.6 Å². The van der Waals surface area contributed by atoms with Crippen molar-refractivity contribution in [2.24, 2.45) is 0 Å². The van der Waals surface area contributed by atoms with Gasteiger partial charge in [-0.3, -0.25) is 4.90 Å². The fourth-order valence-corrected chi connectivity index (χ4v) is 3.35. The van der Waals surface area contributed by atoms with E-state index >= 15 is 0 Å². The molecule has 0 radical (unpaired) electrons. The summed E-state index contributed by atoms with van der Waals surface area (Å²) < 4.78 is 0. The van der Waals surface area contributed by atoms with Gasteiger partial charge in [-0.1, -0.05) is 93.1 Å². The molecule has 2 aromatic rings. The first-order valence-electron chi connectivity index (χ1n) is 9.89. The number of aliphatic hydroxyl groups excluding tert-OH is 1. The minimum absolute atomic E-state index is 0.490. The van der Waals surface area contributed by atoms with E-state index in [4.69, 9.17) is 11.6 Å². The number of halogens is 1. The Morgan fingerprint density at radius 1 is 0.885 bits per heavy atom. The van der Waals surface area contributed by atoms with Crippen LogP contribution in [0, 0.1) is 0 Å². The first-order valence-corrected chi connectivity index (χ1v) is 10.3. The Bertz CT molecular complexity index is 599. The molecular formula is C23H32ClNO. The van der Waals surface area contributed by atoms with Crippen molar-refractivity contribution in [3.05, 3.63) is 70.7 Å². The van der Waals surface area contributed by atoms with Crippen LogP contribution in [0.5, 0.6) is 0 Å². The molecule has 26 heavy (non-hydrogen) atoms. The van der Waals surface area contributed by atoms with Crippen molar-refractivity contribution in [2.45, 2.75) is 58.1 Å². The molecule has 0 spiro atoms. The molecule has 0 unspecified atom stereocenters. The SMILES string of the molecule is CCCCCCCCN(Cc1ccccc1)C[C@@H](O)c1ccc(Cl)cc1. The number of hydrogen-bond donors (Lipinski definition) is 1. The van der Waals surface area contributed by atoms with Gasteiger partial charge in [0.15, 0.2) is 0 Å². The normalized spacial score (nSPS) is 12.5. The lowest BCUT2D eigenvalue weighted by Crippen LogP contribution is -2.29. The van der Waals surface area contributed by atoms with E-state index in [0.717, 1.165) is 18.7 Å². The van der Waals surface area contributed by atoms with Crippen molar-refractivity contribution in [3.8, 4) is 0 Å². The van der Waals surface area contributed by atoms with Gasteiger partial charge in [-0.05, 0) is 36.2 Å². The summed E-state index contributed by atoms with van der Waals surface area (Å²) in [4.78, 5) is 2.37. The predicted octanol–water partition coefficient (Wildman–Crippen LogP) is 6.24. The number of hydrogen-bond acceptors (Lipinski definition) is 2. The molecule has 0 aliphatic rings. The minimum atomic E-state index is -0.490. The number of unbranched alkanes of at least 4 members (excludes halogenated alkanes) is 5. The van der Waals surface area contributed by atoms with Gasteiger partial charge in [0.05, 0.1) is 6.10 Å². The summed E-state index contributed by atoms with van der Waals surface area (Å²) in [5.41, 5.74) is 2.22. The minimum Gasteiger partial charge on any atom is -0.387 e. The van der Waals surface area contributed by atoms with Gasteiger partial charge in [0.1, 0.15) is 0 Å². The zero-order valence-electron chi connectivity index (χ0n) is 15.9. The Kier molecular flexibility index (Phi) is 9.76. The van der Waals surface area contributed by atoms with Gasteiger partial charge >= 0.3 is 0 Å². The molecule has 3 heteroatoms. The first kappa shape index (κ1) is 21.0. The lowest BCUT2D eigenvalue weighted by molar-refractivity contribution is 0.108. The maximum absolute atomic E-state index is 10.6. The molecule has 0 amide bonds. The van der Waals surface area contributed by atoms with Gasteiger partial charge in [0, 0.05) is 18.1 Å². The molecule has 0 aliphatic carbocycles. The Labute approximate surface area is 163 Å². The first-order chi connectivity index (χ1) is 12.7. The van der Waals surface area contributed by atoms with Crippen molar-refractivity contribution >= 4 is 11.6 Å². The van der Waals surface area contributed by atoms with Crippen LogP contribution in [0.25, 0.3) is 0 Å². The largest absolute Gasteiger partial charge is 0.387 e. The molecule has 2 rings (SSSR count). The Morgan fingerprint density at radius 3 is 2.23 bits per heavy atom. The summed E-state index contributed by atoms with van der Waals surface area (Å²) in [6, 6.07) is 18.0. The lowest BCUT2D eigenvalue weighted by Gasteiger charge is -2.25. The summed E-state index contributed by atoms with van der Waals surface area (Å²) in [5.74, 6) is 0. The fourth-order valence-electron chi connectivity index (χ4n) is 3.23. The van der Waals surface area contributed by atoms with E-state index in [1.54, 1.807) is 0 Å². The number of aliphatic hydroxyl groups is 1. The maximum Gasteiger partial charge on any atom is 0.0917 e. The van der Waals surface area contributed by atoms with Gasteiger partial charge in [0.2, 0.25) is 0 Å². The van der Waals surface area contributed by atoms with Crippen molar-refractivity contribution < 1.29 is 5.11 Å². The predicted molar refractivity (Wildman–Crippen MR) is 112 cm³/mol. The van der Waals surface area contributed by atoms with Crippen LogP contribution >= 0.6 is 11.6 Å². The van der Waals surface area contributed by atoms with E-state index in [2.05, 4.69) is 36.1 Å². The van der Waals surface area contributed by atoms with Gasteiger partial charge in [-0.2, -0.15) is 0 Å². The van der Waals surface area contributed by atoms with Gasteiger partial charge < -0.3 is 5.11 Å². The second-order valence-corrected chi connectivity index (χ2v) is 7.49. The molecule has 1 atom stereocenters. The van der Waals surface area contributed by atoms with Crippen molar-refractivity contribution in [3.63, 3.8) is 0 Å². The average Bonchev–Trinajstić information content (AvgIpc) is 2.65. The Balaban J connectivity index is 1.89. The van der Waals surface area contributed by atoms with Gasteiger partial charge in [-0.25, -0.2) is 0 Å². The number of benzene rings is 2. The molecule has 0 heterocycles. The van der Waals surface area contributed by atoms with E-state index in [1.807, 2.05) is 30.3 Å². The second kappa shape index (κ2) is 12.1. The van der Waals surface area contributed by atoms with E-state index < -0.39 is 6.10 Å². The third-order valence-corrected chi connectivity index (χ3v) is 5.01. The Hall–Kier alpha value is -1.35. The van der Waals surface area contributed by atoms with Crippen LogP contribution < -0.4 is 0 Å². The highest BCUT2D eigenvalue weighted by atomic mass is 35.5. The maximum atomic E-state index is 10.6. The fraction of sp³-hybridized carbons (Fsp3) is 0.478. The Morgan fingerprint density at radius 2 is 1.54 bits per heavy atom. The molecule has 2 aromatic carbocycles. The smallest absolute Gasteiger partial charge is 0.0917 e. The van der Waals surface area contributed by atoms with Gasteiger partial charge in [0.25, 0.3) is 0 Å². The van der Waals surface area contributed by atoms with Crippen LogP contribution in [0.4, 0.5) is 0 Å². The van der Waals surface area contributed by atoms with E-state index in [1.165, 1.54) is 44.1 Å². The molecule has 0 saturated heterocycles. The zero-order valence-corrected chi connectivity index (χ0v) is 16.7. The van der Waals surface area contributed by atoms with Crippen molar-refractivity contribution in [2.75, 3.05) is 13.1 Å². The lowest BCUT2D eigenvalue weighted by atomic mass is 10.1. The quantitative estimate of drug-likeness (QED) is 0.445. The molecular weight excluding hydrogens is 342 g/mol. The van der Waals surface area contributed by atoms with E-state index in [-0.39, 0.29) is 0 Å². The molecule has 2 nitrogen and oxygen atoms in total. The third-order valence-electron chi connectivity index (χ3n) is 4.76. The summed E-state index contributed by atoms with van der Waals surface area (Å²) in [5, 5.41) is 11.4. The topological polar surface area (TPSA) is 23.5 Å². The highest BCUT2D eigenvalue weighted by molar-refractivity contribution is 6.30. The summed E-state index contributed by atoms with van der Waals surface area (Å²) in [6.07, 6.45) is 7.23. The van der Waals surface area contributed by atoms with Gasteiger partial charge in [-0.15, -0.1) is 0 Å². The summed E-state index contributed by atoms with van der Waals surface area (Å²) in [6.45, 7) is 4.79. The monoisotopic (exact) mass is 373 g/mol. The molecule has 0 aromatic heterocycles. The summed E-state index contributed by atoms with van der Waals surface area (Å²) >= 11 is 5.96. The van der Waals surface area contributed by atoms with Crippen LogP contribution in [-0.2, 0) is 6.54 Å². The molecule has 0 saturated carbocycles. The standard InChI is InChI=1S/C23H32ClNO/c1-2-3-4-5-6-10-17-25(18-20-11-8-7-9-12-20)19-23(26)21-13-15-22(24)16-14-21/h7-9,11-16,23,26H,2-6,10,17-19H2,1H3/t23-/m1/s1. The molecule has 0 bridgehead atoms. The van der Waals surface area contributed by atoms with Crippen molar-refractivity contribution in [1.29, 1.82) is 0 Å². The molecule has 0 fully saturated rings. The van der Waals surface area contributed by atoms with Crippen LogP contribution in [0.1, 0.15) is 62.7 Å². The second-order valence-electron chi connectivity index (χ2n) is 7.06. The molecule has 142 valence electrons. The summed E-state index contributed by atoms with van der Waals surface area (Å²) in [7, 11) is 0. The van der Waals surface area contributed by atoms with Crippen LogP contribution in [0.15, 0.2) is 54.6 Å². The van der Waals surface area contributed by atoms with Crippen LogP contribution in [0.2, 0.25) is 5.02 Å². The average molecular weight is 374 g/mol. The molecule has 1 N–H and O–H groups in total. The highest BCUT2D eigenvalue weighted by Gasteiger charge is 2.14. The zero-order chi connectivity index (χ0) is 18.6. The van der Waals surface area contributed by atoms with Crippen LogP contribution in [0.3, 0.4) is 0 Å². The number of nitrogens with zero attached hydrogens (tertiary/aromatic N) is 1. The number of rotatable bonds is 12.